The van der Waals surface area contributed by atoms with Crippen molar-refractivity contribution < 1.29 is 18.3 Å². The topological polar surface area (TPSA) is 39.5 Å². The molecule has 5 nitrogen and oxygen atoms in total. The van der Waals surface area contributed by atoms with Gasteiger partial charge in [-0.15, -0.1) is 0 Å². The zero-order valence-electron chi connectivity index (χ0n) is 14.4. The van der Waals surface area contributed by atoms with Gasteiger partial charge in [0.2, 0.25) is 0 Å². The van der Waals surface area contributed by atoms with Crippen molar-refractivity contribution >= 4 is 0 Å². The molecule has 136 valence electrons. The summed E-state index contributed by atoms with van der Waals surface area (Å²) in [5.41, 5.74) is 2.11. The molecule has 0 bridgehead atoms. The summed E-state index contributed by atoms with van der Waals surface area (Å²) in [6, 6.07) is 5.64. The van der Waals surface area contributed by atoms with Crippen LogP contribution >= 0.6 is 0 Å². The molecular formula is C18H23F2N3O2. The second kappa shape index (κ2) is 8.51. The largest absolute Gasteiger partial charge is 0.379 e. The molecule has 1 aromatic carbocycles. The maximum absolute atomic E-state index is 13.4. The van der Waals surface area contributed by atoms with Gasteiger partial charge in [0.1, 0.15) is 0 Å². The third-order valence-electron chi connectivity index (χ3n) is 4.20. The highest BCUT2D eigenvalue weighted by atomic mass is 19.2. The lowest BCUT2D eigenvalue weighted by molar-refractivity contribution is 0.0308. The van der Waals surface area contributed by atoms with Gasteiger partial charge in [0.05, 0.1) is 31.2 Å². The molecule has 0 saturated carbocycles. The van der Waals surface area contributed by atoms with Gasteiger partial charge in [-0.3, -0.25) is 4.90 Å². The van der Waals surface area contributed by atoms with Gasteiger partial charge in [0.25, 0.3) is 0 Å². The van der Waals surface area contributed by atoms with Crippen molar-refractivity contribution in [2.45, 2.75) is 20.0 Å². The Labute approximate surface area is 146 Å². The Bertz CT molecular complexity index is 700. The molecule has 3 rings (SSSR count). The summed E-state index contributed by atoms with van der Waals surface area (Å²) in [5.74, 6) is -1.74. The number of rotatable bonds is 7. The van der Waals surface area contributed by atoms with Gasteiger partial charge in [-0.2, -0.15) is 5.10 Å². The molecular weight excluding hydrogens is 328 g/mol. The summed E-state index contributed by atoms with van der Waals surface area (Å²) < 4.78 is 39.1. The molecule has 1 aromatic heterocycles. The second-order valence-electron chi connectivity index (χ2n) is 6.15. The summed E-state index contributed by atoms with van der Waals surface area (Å²) in [5, 5.41) is 4.41. The predicted molar refractivity (Wildman–Crippen MR) is 89.7 cm³/mol. The van der Waals surface area contributed by atoms with E-state index in [9.17, 15) is 8.78 Å². The third-order valence-corrected chi connectivity index (χ3v) is 4.20. The van der Waals surface area contributed by atoms with Crippen LogP contribution in [0.15, 0.2) is 24.3 Å². The molecule has 2 heterocycles. The molecule has 1 aliphatic rings. The minimum Gasteiger partial charge on any atom is -0.379 e. The Balaban J connectivity index is 1.48. The number of benzene rings is 1. The zero-order valence-corrected chi connectivity index (χ0v) is 14.4. The fraction of sp³-hybridized carbons (Fsp3) is 0.500. The van der Waals surface area contributed by atoms with Crippen LogP contribution in [-0.4, -0.2) is 54.1 Å². The molecule has 0 radical (unpaired) electrons. The van der Waals surface area contributed by atoms with Gasteiger partial charge in [-0.25, -0.2) is 13.5 Å². The van der Waals surface area contributed by atoms with Crippen molar-refractivity contribution in [3.63, 3.8) is 0 Å². The predicted octanol–water partition coefficient (Wildman–Crippen LogP) is 2.70. The maximum atomic E-state index is 13.4. The highest BCUT2D eigenvalue weighted by Gasteiger charge is 2.11. The zero-order chi connectivity index (χ0) is 17.6. The fourth-order valence-electron chi connectivity index (χ4n) is 2.88. The van der Waals surface area contributed by atoms with Gasteiger partial charge in [0.15, 0.2) is 11.6 Å². The monoisotopic (exact) mass is 351 g/mol. The molecule has 0 amide bonds. The number of hydrogen-bond acceptors (Lipinski definition) is 4. The lowest BCUT2D eigenvalue weighted by Crippen LogP contribution is -2.37. The quantitative estimate of drug-likeness (QED) is 0.719. The first-order valence-electron chi connectivity index (χ1n) is 8.52. The lowest BCUT2D eigenvalue weighted by Gasteiger charge is -2.26. The van der Waals surface area contributed by atoms with Crippen LogP contribution < -0.4 is 0 Å². The molecule has 0 unspecified atom stereocenters. The van der Waals surface area contributed by atoms with Crippen LogP contribution in [0.3, 0.4) is 0 Å². The van der Waals surface area contributed by atoms with Crippen molar-refractivity contribution in [1.82, 2.24) is 14.7 Å². The van der Waals surface area contributed by atoms with Crippen LogP contribution in [-0.2, 0) is 16.1 Å². The van der Waals surface area contributed by atoms with Crippen molar-refractivity contribution in [3.8, 4) is 5.69 Å². The molecule has 1 saturated heterocycles. The summed E-state index contributed by atoms with van der Waals surface area (Å²) >= 11 is 0. The Kier molecular flexibility index (Phi) is 6.12. The van der Waals surface area contributed by atoms with Crippen LogP contribution in [0.5, 0.6) is 0 Å². The van der Waals surface area contributed by atoms with Crippen LogP contribution in [0.4, 0.5) is 8.78 Å². The number of nitrogens with zero attached hydrogens (tertiary/aromatic N) is 3. The van der Waals surface area contributed by atoms with E-state index in [4.69, 9.17) is 9.47 Å². The molecule has 7 heteroatoms. The molecule has 0 aliphatic carbocycles. The number of aryl methyl sites for hydroxylation is 1. The highest BCUT2D eigenvalue weighted by Crippen LogP contribution is 2.16. The summed E-state index contributed by atoms with van der Waals surface area (Å²) in [7, 11) is 0. The highest BCUT2D eigenvalue weighted by molar-refractivity contribution is 5.34. The van der Waals surface area contributed by atoms with E-state index in [-0.39, 0.29) is 0 Å². The van der Waals surface area contributed by atoms with Crippen molar-refractivity contribution in [1.29, 1.82) is 0 Å². The maximum Gasteiger partial charge on any atom is 0.160 e. The fourth-order valence-corrected chi connectivity index (χ4v) is 2.88. The first-order chi connectivity index (χ1) is 12.1. The summed E-state index contributed by atoms with van der Waals surface area (Å²) in [6.45, 7) is 7.52. The SMILES string of the molecule is Cc1cc(COCCCN2CCOCC2)nn1-c1ccc(F)c(F)c1. The van der Waals surface area contributed by atoms with E-state index in [0.29, 0.717) is 18.9 Å². The molecule has 0 N–H and O–H groups in total. The van der Waals surface area contributed by atoms with Crippen LogP contribution in [0, 0.1) is 18.6 Å². The second-order valence-corrected chi connectivity index (χ2v) is 6.15. The lowest BCUT2D eigenvalue weighted by atomic mass is 10.3. The third kappa shape index (κ3) is 4.84. The smallest absolute Gasteiger partial charge is 0.160 e. The van der Waals surface area contributed by atoms with E-state index < -0.39 is 11.6 Å². The number of morpholine rings is 1. The Morgan fingerprint density at radius 1 is 1.16 bits per heavy atom. The molecule has 0 atom stereocenters. The molecule has 1 aliphatic heterocycles. The van der Waals surface area contributed by atoms with E-state index in [1.165, 1.54) is 6.07 Å². The molecule has 0 spiro atoms. The van der Waals surface area contributed by atoms with Gasteiger partial charge in [-0.05, 0) is 31.5 Å². The molecule has 25 heavy (non-hydrogen) atoms. The van der Waals surface area contributed by atoms with Gasteiger partial charge < -0.3 is 9.47 Å². The van der Waals surface area contributed by atoms with Crippen LogP contribution in [0.25, 0.3) is 5.69 Å². The van der Waals surface area contributed by atoms with E-state index in [2.05, 4.69) is 10.00 Å². The van der Waals surface area contributed by atoms with E-state index in [1.807, 2.05) is 13.0 Å². The van der Waals surface area contributed by atoms with E-state index >= 15 is 0 Å². The minimum atomic E-state index is -0.881. The van der Waals surface area contributed by atoms with Crippen molar-refractivity contribution in [3.05, 3.63) is 47.3 Å². The number of hydrogen-bond donors (Lipinski definition) is 0. The average Bonchev–Trinajstić information content (AvgIpc) is 2.99. The van der Waals surface area contributed by atoms with E-state index in [0.717, 1.165) is 62.8 Å². The molecule has 2 aromatic rings. The van der Waals surface area contributed by atoms with Crippen LogP contribution in [0.1, 0.15) is 17.8 Å². The first-order valence-corrected chi connectivity index (χ1v) is 8.52. The minimum absolute atomic E-state index is 0.403. The molecule has 1 fully saturated rings. The average molecular weight is 351 g/mol. The summed E-state index contributed by atoms with van der Waals surface area (Å²) in [4.78, 5) is 2.37. The van der Waals surface area contributed by atoms with E-state index in [1.54, 1.807) is 4.68 Å². The van der Waals surface area contributed by atoms with Gasteiger partial charge >= 0.3 is 0 Å². The number of ether oxygens (including phenoxy) is 2. The number of halogens is 2. The Morgan fingerprint density at radius 3 is 2.72 bits per heavy atom. The first kappa shape index (κ1) is 18.0. The van der Waals surface area contributed by atoms with Crippen molar-refractivity contribution in [2.75, 3.05) is 39.5 Å². The van der Waals surface area contributed by atoms with Gasteiger partial charge in [-0.1, -0.05) is 0 Å². The van der Waals surface area contributed by atoms with Crippen molar-refractivity contribution in [2.24, 2.45) is 0 Å². The Hall–Kier alpha value is -1.83. The van der Waals surface area contributed by atoms with Gasteiger partial charge in [0, 0.05) is 38.0 Å². The number of aromatic nitrogens is 2. The normalized spacial score (nSPS) is 15.6. The Morgan fingerprint density at radius 2 is 1.96 bits per heavy atom. The standard InChI is InChI=1S/C18H23F2N3O2/c1-14-11-15(13-25-8-2-5-22-6-9-24-10-7-22)21-23(14)16-3-4-17(19)18(20)12-16/h3-4,11-12H,2,5-10,13H2,1H3. The summed E-state index contributed by atoms with van der Waals surface area (Å²) in [6.07, 6.45) is 0.961. The van der Waals surface area contributed by atoms with Crippen LogP contribution in [0.2, 0.25) is 0 Å².